The van der Waals surface area contributed by atoms with Crippen LogP contribution in [-0.2, 0) is 41.6 Å². The van der Waals surface area contributed by atoms with Gasteiger partial charge in [-0.1, -0.05) is 48.5 Å². The van der Waals surface area contributed by atoms with Gasteiger partial charge in [-0.25, -0.2) is 4.79 Å². The van der Waals surface area contributed by atoms with E-state index in [9.17, 15) is 33.9 Å². The lowest BCUT2D eigenvalue weighted by Gasteiger charge is -2.25. The van der Waals surface area contributed by atoms with E-state index in [0.29, 0.717) is 11.1 Å². The van der Waals surface area contributed by atoms with Crippen LogP contribution in [0.3, 0.4) is 0 Å². The molecule has 0 bridgehead atoms. The molecule has 0 saturated heterocycles. The molecule has 0 aliphatic heterocycles. The Balaban J connectivity index is 1.85. The third-order valence-corrected chi connectivity index (χ3v) is 6.67. The molecular formula is C29H34N6O8. The molecule has 228 valence electrons. The van der Waals surface area contributed by atoms with Crippen molar-refractivity contribution < 1.29 is 39.0 Å². The van der Waals surface area contributed by atoms with Gasteiger partial charge in [-0.2, -0.15) is 0 Å². The summed E-state index contributed by atoms with van der Waals surface area (Å²) >= 11 is 0. The second kappa shape index (κ2) is 15.1. The number of nitrogens with one attached hydrogen (secondary N) is 4. The van der Waals surface area contributed by atoms with Crippen LogP contribution >= 0.6 is 0 Å². The highest BCUT2D eigenvalue weighted by Gasteiger charge is 2.32. The first-order valence-corrected chi connectivity index (χ1v) is 13.4. The molecule has 10 N–H and O–H groups in total. The number of amides is 4. The Morgan fingerprint density at radius 1 is 0.767 bits per heavy atom. The number of benzene rings is 2. The van der Waals surface area contributed by atoms with Crippen molar-refractivity contribution >= 4 is 46.5 Å². The maximum absolute atomic E-state index is 13.5. The number of carbonyl (C=O) groups is 6. The van der Waals surface area contributed by atoms with E-state index in [1.54, 1.807) is 42.6 Å². The number of aromatic amines is 1. The van der Waals surface area contributed by atoms with Gasteiger partial charge in [0.05, 0.1) is 12.5 Å². The van der Waals surface area contributed by atoms with Crippen LogP contribution in [0.5, 0.6) is 0 Å². The number of para-hydroxylation sites is 1. The summed E-state index contributed by atoms with van der Waals surface area (Å²) in [7, 11) is 0. The van der Waals surface area contributed by atoms with Crippen LogP contribution in [0.25, 0.3) is 10.9 Å². The second-order valence-electron chi connectivity index (χ2n) is 9.98. The summed E-state index contributed by atoms with van der Waals surface area (Å²) in [6.07, 6.45) is 0.284. The highest BCUT2D eigenvalue weighted by atomic mass is 16.4. The van der Waals surface area contributed by atoms with E-state index in [2.05, 4.69) is 20.9 Å². The van der Waals surface area contributed by atoms with E-state index in [0.717, 1.165) is 10.9 Å². The van der Waals surface area contributed by atoms with Crippen molar-refractivity contribution in [3.63, 3.8) is 0 Å². The van der Waals surface area contributed by atoms with Crippen molar-refractivity contribution in [3.05, 3.63) is 71.9 Å². The van der Waals surface area contributed by atoms with Crippen LogP contribution in [0.2, 0.25) is 0 Å². The number of H-pyrrole nitrogens is 1. The number of aromatic nitrogens is 1. The highest BCUT2D eigenvalue weighted by Crippen LogP contribution is 2.19. The van der Waals surface area contributed by atoms with Crippen molar-refractivity contribution in [2.75, 3.05) is 0 Å². The Bertz CT molecular complexity index is 1470. The van der Waals surface area contributed by atoms with E-state index in [4.69, 9.17) is 16.6 Å². The smallest absolute Gasteiger partial charge is 0.326 e. The van der Waals surface area contributed by atoms with Gasteiger partial charge in [-0.15, -0.1) is 0 Å². The minimum atomic E-state index is -1.54. The quantitative estimate of drug-likeness (QED) is 0.107. The van der Waals surface area contributed by atoms with Gasteiger partial charge < -0.3 is 42.6 Å². The second-order valence-corrected chi connectivity index (χ2v) is 9.98. The lowest BCUT2D eigenvalue weighted by Crippen LogP contribution is -2.58. The summed E-state index contributed by atoms with van der Waals surface area (Å²) in [5, 5.41) is 26.7. The van der Waals surface area contributed by atoms with Gasteiger partial charge in [-0.3, -0.25) is 24.0 Å². The molecule has 1 heterocycles. The van der Waals surface area contributed by atoms with Gasteiger partial charge in [0.15, 0.2) is 0 Å². The fourth-order valence-corrected chi connectivity index (χ4v) is 4.42. The first-order valence-electron chi connectivity index (χ1n) is 13.4. The van der Waals surface area contributed by atoms with Crippen molar-refractivity contribution in [3.8, 4) is 0 Å². The molecule has 3 rings (SSSR count). The Morgan fingerprint density at radius 3 is 2.02 bits per heavy atom. The monoisotopic (exact) mass is 594 g/mol. The molecule has 3 aromatic rings. The number of primary amides is 1. The fourth-order valence-electron chi connectivity index (χ4n) is 4.42. The molecule has 4 amide bonds. The van der Waals surface area contributed by atoms with Crippen molar-refractivity contribution in [2.45, 2.75) is 56.3 Å². The summed E-state index contributed by atoms with van der Waals surface area (Å²) in [5.41, 5.74) is 13.1. The number of aliphatic carboxylic acids is 2. The maximum atomic E-state index is 13.5. The molecule has 14 nitrogen and oxygen atoms in total. The van der Waals surface area contributed by atoms with Gasteiger partial charge in [0.25, 0.3) is 0 Å². The SMILES string of the molecule is NC(=O)CC(NC(=O)C(N)CCC(=O)O)C(=O)NC(Cc1c[nH]c2ccccc12)C(=O)NC(Cc1ccccc1)C(=O)O. The third-order valence-electron chi connectivity index (χ3n) is 6.67. The van der Waals surface area contributed by atoms with Gasteiger partial charge >= 0.3 is 11.9 Å². The zero-order chi connectivity index (χ0) is 31.5. The number of rotatable bonds is 16. The number of carbonyl (C=O) groups excluding carboxylic acids is 4. The maximum Gasteiger partial charge on any atom is 0.326 e. The Morgan fingerprint density at radius 2 is 1.37 bits per heavy atom. The summed E-state index contributed by atoms with van der Waals surface area (Å²) in [6.45, 7) is 0. The first kappa shape index (κ1) is 32.3. The van der Waals surface area contributed by atoms with Crippen LogP contribution in [0.15, 0.2) is 60.8 Å². The van der Waals surface area contributed by atoms with Crippen LogP contribution in [0, 0.1) is 0 Å². The Hall–Kier alpha value is -5.24. The van der Waals surface area contributed by atoms with E-state index >= 15 is 0 Å². The molecule has 4 unspecified atom stereocenters. The van der Waals surface area contributed by atoms with E-state index in [-0.39, 0.29) is 19.3 Å². The molecule has 0 spiro atoms. The molecule has 1 aromatic heterocycles. The van der Waals surface area contributed by atoms with Gasteiger partial charge in [0, 0.05) is 36.4 Å². The molecule has 0 saturated carbocycles. The number of hydrogen-bond donors (Lipinski definition) is 8. The van der Waals surface area contributed by atoms with Crippen LogP contribution < -0.4 is 27.4 Å². The zero-order valence-corrected chi connectivity index (χ0v) is 23.1. The predicted octanol–water partition coefficient (Wildman–Crippen LogP) is -0.440. The minimum Gasteiger partial charge on any atom is -0.481 e. The Labute approximate surface area is 246 Å². The molecule has 0 fully saturated rings. The number of hydrogen-bond acceptors (Lipinski definition) is 7. The standard InChI is InChI=1S/C29H34N6O8/c30-19(10-11-25(37)38)26(39)33-22(14-24(31)36)28(41)34-21(13-17-15-32-20-9-5-4-8-18(17)20)27(40)35-23(29(42)43)12-16-6-2-1-3-7-16/h1-9,15,19,21-23,32H,10-14,30H2,(H2,31,36)(H,33,39)(H,34,41)(H,35,40)(H,37,38)(H,42,43). The predicted molar refractivity (Wildman–Crippen MR) is 154 cm³/mol. The average Bonchev–Trinajstić information content (AvgIpc) is 3.37. The zero-order valence-electron chi connectivity index (χ0n) is 23.1. The summed E-state index contributed by atoms with van der Waals surface area (Å²) in [6, 6.07) is 10.4. The molecule has 2 aromatic carbocycles. The van der Waals surface area contributed by atoms with Crippen molar-refractivity contribution in [2.24, 2.45) is 11.5 Å². The lowest BCUT2D eigenvalue weighted by molar-refractivity contribution is -0.142. The van der Waals surface area contributed by atoms with Crippen LogP contribution in [-0.4, -0.2) is 74.9 Å². The number of fused-ring (bicyclic) bond motifs is 1. The minimum absolute atomic E-state index is 0.0236. The number of nitrogens with two attached hydrogens (primary N) is 2. The van der Waals surface area contributed by atoms with E-state index in [1.807, 2.05) is 18.2 Å². The van der Waals surface area contributed by atoms with Crippen LogP contribution in [0.4, 0.5) is 0 Å². The van der Waals surface area contributed by atoms with Crippen molar-refractivity contribution in [1.29, 1.82) is 0 Å². The molecule has 14 heteroatoms. The molecular weight excluding hydrogens is 560 g/mol. The van der Waals surface area contributed by atoms with E-state index < -0.39 is 72.6 Å². The van der Waals surface area contributed by atoms with Gasteiger partial charge in [-0.05, 0) is 23.6 Å². The van der Waals surface area contributed by atoms with Gasteiger partial charge in [0.2, 0.25) is 23.6 Å². The number of carboxylic acid groups (broad SMARTS) is 2. The van der Waals surface area contributed by atoms with E-state index in [1.165, 1.54) is 0 Å². The largest absolute Gasteiger partial charge is 0.481 e. The topological polar surface area (TPSA) is 247 Å². The molecule has 0 aliphatic carbocycles. The van der Waals surface area contributed by atoms with Crippen LogP contribution in [0.1, 0.15) is 30.4 Å². The number of carboxylic acids is 2. The molecule has 4 atom stereocenters. The van der Waals surface area contributed by atoms with Gasteiger partial charge in [0.1, 0.15) is 18.1 Å². The Kier molecular flexibility index (Phi) is 11.3. The van der Waals surface area contributed by atoms with Crippen molar-refractivity contribution in [1.82, 2.24) is 20.9 Å². The lowest BCUT2D eigenvalue weighted by atomic mass is 10.0. The third kappa shape index (κ3) is 9.67. The normalized spacial score (nSPS) is 13.7. The molecule has 0 aliphatic rings. The molecule has 43 heavy (non-hydrogen) atoms. The average molecular weight is 595 g/mol. The summed E-state index contributed by atoms with van der Waals surface area (Å²) in [4.78, 5) is 77.1. The molecule has 0 radical (unpaired) electrons. The fraction of sp³-hybridized carbons (Fsp3) is 0.310. The summed E-state index contributed by atoms with van der Waals surface area (Å²) in [5.74, 6) is -6.06. The highest BCUT2D eigenvalue weighted by molar-refractivity contribution is 5.96. The summed E-state index contributed by atoms with van der Waals surface area (Å²) < 4.78 is 0. The first-order chi connectivity index (χ1) is 20.4.